The summed E-state index contributed by atoms with van der Waals surface area (Å²) >= 11 is 5.84. The fourth-order valence-electron chi connectivity index (χ4n) is 2.46. The zero-order chi connectivity index (χ0) is 16.2. The molecule has 4 nitrogen and oxygen atoms in total. The highest BCUT2D eigenvalue weighted by molar-refractivity contribution is 6.30. The topological polar surface area (TPSA) is 46.9 Å². The summed E-state index contributed by atoms with van der Waals surface area (Å²) in [5.41, 5.74) is 2.51. The third-order valence-electron chi connectivity index (χ3n) is 3.56. The summed E-state index contributed by atoms with van der Waals surface area (Å²) in [6.45, 7) is 4.78. The van der Waals surface area contributed by atoms with E-state index in [1.165, 1.54) is 0 Å². The van der Waals surface area contributed by atoms with Gasteiger partial charge in [0.2, 0.25) is 0 Å². The van der Waals surface area contributed by atoms with Crippen molar-refractivity contribution in [1.29, 1.82) is 0 Å². The number of halogens is 1. The van der Waals surface area contributed by atoms with Crippen molar-refractivity contribution in [2.45, 2.75) is 13.1 Å². The summed E-state index contributed by atoms with van der Waals surface area (Å²) in [6.07, 6.45) is 1.82. The number of para-hydroxylation sites is 2. The third kappa shape index (κ3) is 3.27. The van der Waals surface area contributed by atoms with E-state index in [0.29, 0.717) is 23.7 Å². The molecule has 5 heteroatoms. The molecule has 0 aliphatic carbocycles. The molecule has 2 aromatic carbocycles. The average molecular weight is 326 g/mol. The van der Waals surface area contributed by atoms with Gasteiger partial charge in [0.15, 0.2) is 0 Å². The van der Waals surface area contributed by atoms with E-state index in [1.54, 1.807) is 24.3 Å². The highest BCUT2D eigenvalue weighted by Gasteiger charge is 2.11. The summed E-state index contributed by atoms with van der Waals surface area (Å²) in [6, 6.07) is 14.7. The molecule has 23 heavy (non-hydrogen) atoms. The third-order valence-corrected chi connectivity index (χ3v) is 3.81. The maximum Gasteiger partial charge on any atom is 0.251 e. The number of nitrogens with zero attached hydrogens (tertiary/aromatic N) is 2. The molecule has 3 rings (SSSR count). The Bertz CT molecular complexity index is 852. The average Bonchev–Trinajstić information content (AvgIpc) is 2.92. The molecular formula is C18H16ClN3O. The maximum atomic E-state index is 12.2. The van der Waals surface area contributed by atoms with E-state index in [0.717, 1.165) is 16.9 Å². The van der Waals surface area contributed by atoms with Crippen molar-refractivity contribution in [2.24, 2.45) is 0 Å². The Balaban J connectivity index is 1.81. The van der Waals surface area contributed by atoms with Crippen molar-refractivity contribution in [3.05, 3.63) is 77.6 Å². The largest absolute Gasteiger partial charge is 0.345 e. The lowest BCUT2D eigenvalue weighted by Gasteiger charge is -2.08. The minimum absolute atomic E-state index is 0.154. The number of aromatic nitrogens is 2. The van der Waals surface area contributed by atoms with E-state index >= 15 is 0 Å². The second-order valence-electron chi connectivity index (χ2n) is 5.11. The number of benzene rings is 2. The number of fused-ring (bicyclic) bond motifs is 1. The van der Waals surface area contributed by atoms with Crippen LogP contribution in [0.3, 0.4) is 0 Å². The summed E-state index contributed by atoms with van der Waals surface area (Å²) in [5.74, 6) is 0.646. The fraction of sp³-hybridized carbons (Fsp3) is 0.111. The molecule has 0 fully saturated rings. The number of carbonyl (C=O) groups excluding carboxylic acids is 1. The van der Waals surface area contributed by atoms with Crippen LogP contribution in [0.5, 0.6) is 0 Å². The van der Waals surface area contributed by atoms with Crippen LogP contribution in [0.15, 0.2) is 61.2 Å². The van der Waals surface area contributed by atoms with Crippen molar-refractivity contribution >= 4 is 28.5 Å². The number of rotatable bonds is 5. The lowest BCUT2D eigenvalue weighted by atomic mass is 10.2. The van der Waals surface area contributed by atoms with Crippen molar-refractivity contribution in [3.63, 3.8) is 0 Å². The van der Waals surface area contributed by atoms with Crippen LogP contribution < -0.4 is 5.32 Å². The zero-order valence-electron chi connectivity index (χ0n) is 12.5. The normalized spacial score (nSPS) is 10.7. The number of carbonyl (C=O) groups is 1. The first kappa shape index (κ1) is 15.3. The predicted octanol–water partition coefficient (Wildman–Crippen LogP) is 3.81. The Morgan fingerprint density at radius 2 is 1.96 bits per heavy atom. The van der Waals surface area contributed by atoms with Crippen molar-refractivity contribution in [3.8, 4) is 0 Å². The van der Waals surface area contributed by atoms with Crippen LogP contribution in [0.25, 0.3) is 11.0 Å². The van der Waals surface area contributed by atoms with E-state index in [-0.39, 0.29) is 5.91 Å². The standard InChI is InChI=1S/C18H16ClN3O/c1-2-11-22-16-6-4-3-5-15(16)21-17(22)12-20-18(23)13-7-9-14(19)10-8-13/h2-10H,1,11-12H2,(H,20,23). The van der Waals surface area contributed by atoms with Gasteiger partial charge in [-0.05, 0) is 36.4 Å². The van der Waals surface area contributed by atoms with Gasteiger partial charge in [-0.1, -0.05) is 29.8 Å². The van der Waals surface area contributed by atoms with Gasteiger partial charge in [0.1, 0.15) is 5.82 Å². The van der Waals surface area contributed by atoms with E-state index in [1.807, 2.05) is 34.9 Å². The number of amides is 1. The van der Waals surface area contributed by atoms with Gasteiger partial charge in [0.05, 0.1) is 17.6 Å². The number of hydrogen-bond donors (Lipinski definition) is 1. The minimum atomic E-state index is -0.154. The highest BCUT2D eigenvalue weighted by atomic mass is 35.5. The van der Waals surface area contributed by atoms with Crippen molar-refractivity contribution in [1.82, 2.24) is 14.9 Å². The minimum Gasteiger partial charge on any atom is -0.345 e. The molecule has 0 unspecified atom stereocenters. The van der Waals surface area contributed by atoms with Crippen LogP contribution in [0.4, 0.5) is 0 Å². The molecule has 0 aliphatic rings. The summed E-state index contributed by atoms with van der Waals surface area (Å²) in [4.78, 5) is 16.8. The first-order valence-electron chi connectivity index (χ1n) is 7.28. The Kier molecular flexibility index (Phi) is 4.44. The lowest BCUT2D eigenvalue weighted by Crippen LogP contribution is -2.24. The van der Waals surface area contributed by atoms with Crippen LogP contribution >= 0.6 is 11.6 Å². The van der Waals surface area contributed by atoms with Gasteiger partial charge in [-0.2, -0.15) is 0 Å². The van der Waals surface area contributed by atoms with Gasteiger partial charge in [0, 0.05) is 17.1 Å². The van der Waals surface area contributed by atoms with Gasteiger partial charge in [-0.15, -0.1) is 6.58 Å². The van der Waals surface area contributed by atoms with E-state index in [9.17, 15) is 4.79 Å². The van der Waals surface area contributed by atoms with Crippen molar-refractivity contribution < 1.29 is 4.79 Å². The van der Waals surface area contributed by atoms with Crippen LogP contribution in [-0.2, 0) is 13.1 Å². The second kappa shape index (κ2) is 6.67. The second-order valence-corrected chi connectivity index (χ2v) is 5.54. The van der Waals surface area contributed by atoms with Crippen LogP contribution in [0.2, 0.25) is 5.02 Å². The van der Waals surface area contributed by atoms with Crippen LogP contribution in [0, 0.1) is 0 Å². The van der Waals surface area contributed by atoms with Crippen molar-refractivity contribution in [2.75, 3.05) is 0 Å². The molecule has 1 aromatic heterocycles. The maximum absolute atomic E-state index is 12.2. The number of imidazole rings is 1. The monoisotopic (exact) mass is 325 g/mol. The molecule has 1 amide bonds. The molecule has 0 radical (unpaired) electrons. The fourth-order valence-corrected chi connectivity index (χ4v) is 2.58. The zero-order valence-corrected chi connectivity index (χ0v) is 13.3. The van der Waals surface area contributed by atoms with E-state index in [4.69, 9.17) is 11.6 Å². The molecule has 0 spiro atoms. The lowest BCUT2D eigenvalue weighted by molar-refractivity contribution is 0.0949. The molecule has 0 saturated heterocycles. The molecular weight excluding hydrogens is 310 g/mol. The Morgan fingerprint density at radius 3 is 2.70 bits per heavy atom. The number of hydrogen-bond acceptors (Lipinski definition) is 2. The van der Waals surface area contributed by atoms with Gasteiger partial charge in [-0.25, -0.2) is 4.98 Å². The van der Waals surface area contributed by atoms with E-state index in [2.05, 4.69) is 16.9 Å². The first-order valence-corrected chi connectivity index (χ1v) is 7.65. The van der Waals surface area contributed by atoms with Gasteiger partial charge in [0.25, 0.3) is 5.91 Å². The quantitative estimate of drug-likeness (QED) is 0.725. The Labute approximate surface area is 139 Å². The smallest absolute Gasteiger partial charge is 0.251 e. The molecule has 0 saturated carbocycles. The van der Waals surface area contributed by atoms with Gasteiger partial charge < -0.3 is 9.88 Å². The number of nitrogens with one attached hydrogen (secondary N) is 1. The van der Waals surface area contributed by atoms with Gasteiger partial charge in [-0.3, -0.25) is 4.79 Å². The molecule has 1 N–H and O–H groups in total. The first-order chi connectivity index (χ1) is 11.2. The van der Waals surface area contributed by atoms with Crippen LogP contribution in [0.1, 0.15) is 16.2 Å². The highest BCUT2D eigenvalue weighted by Crippen LogP contribution is 2.16. The van der Waals surface area contributed by atoms with Crippen LogP contribution in [-0.4, -0.2) is 15.5 Å². The molecule has 1 heterocycles. The summed E-state index contributed by atoms with van der Waals surface area (Å²) in [7, 11) is 0. The molecule has 0 atom stereocenters. The predicted molar refractivity (Wildman–Crippen MR) is 92.6 cm³/mol. The van der Waals surface area contributed by atoms with Gasteiger partial charge >= 0.3 is 0 Å². The molecule has 0 aliphatic heterocycles. The van der Waals surface area contributed by atoms with E-state index < -0.39 is 0 Å². The molecule has 116 valence electrons. The number of allylic oxidation sites excluding steroid dienone is 1. The summed E-state index contributed by atoms with van der Waals surface area (Å²) < 4.78 is 2.05. The summed E-state index contributed by atoms with van der Waals surface area (Å²) in [5, 5.41) is 3.50. The Morgan fingerprint density at radius 1 is 1.22 bits per heavy atom. The Hall–Kier alpha value is -2.59. The molecule has 3 aromatic rings. The SMILES string of the molecule is C=CCn1c(CNC(=O)c2ccc(Cl)cc2)nc2ccccc21. The molecule has 0 bridgehead atoms.